The Labute approximate surface area is 202 Å². The molecule has 0 bridgehead atoms. The molecule has 0 unspecified atom stereocenters. The monoisotopic (exact) mass is 447 g/mol. The summed E-state index contributed by atoms with van der Waals surface area (Å²) in [7, 11) is 0. The second kappa shape index (κ2) is 22.0. The number of aryl methyl sites for hydroxylation is 2. The molecule has 0 N–H and O–H groups in total. The van der Waals surface area contributed by atoms with Gasteiger partial charge in [-0.25, -0.2) is 9.13 Å². The van der Waals surface area contributed by atoms with E-state index >= 15 is 0 Å². The zero-order chi connectivity index (χ0) is 23.1. The number of hydrogen-bond acceptors (Lipinski definition) is 0. The Balaban J connectivity index is 1.91. The first-order chi connectivity index (χ1) is 15.8. The number of hydrogen-bond donors (Lipinski definition) is 0. The van der Waals surface area contributed by atoms with Gasteiger partial charge in [0.2, 0.25) is 0 Å². The molecular weight excluding hydrogens is 388 g/mol. The van der Waals surface area contributed by atoms with E-state index in [4.69, 9.17) is 0 Å². The van der Waals surface area contributed by atoms with Gasteiger partial charge in [-0.1, -0.05) is 129 Å². The van der Waals surface area contributed by atoms with Crippen LogP contribution in [0.1, 0.15) is 161 Å². The van der Waals surface area contributed by atoms with Crippen molar-refractivity contribution < 1.29 is 4.57 Å². The zero-order valence-corrected chi connectivity index (χ0v) is 22.5. The average Bonchev–Trinajstić information content (AvgIpc) is 3.15. The van der Waals surface area contributed by atoms with Gasteiger partial charge in [0.25, 0.3) is 5.82 Å². The maximum atomic E-state index is 2.48. The molecule has 0 radical (unpaired) electrons. The predicted octanol–water partition coefficient (Wildman–Crippen LogP) is 9.71. The van der Waals surface area contributed by atoms with Crippen LogP contribution in [0.5, 0.6) is 0 Å². The van der Waals surface area contributed by atoms with Gasteiger partial charge in [0.05, 0.1) is 13.1 Å². The zero-order valence-electron chi connectivity index (χ0n) is 22.5. The van der Waals surface area contributed by atoms with Crippen LogP contribution in [0.15, 0.2) is 12.4 Å². The molecule has 0 saturated heterocycles. The SMILES string of the molecule is CCCCCCCCCCCCCCCCCn1cc[n+](CCCCCCCCC)c1C. The van der Waals surface area contributed by atoms with Crippen LogP contribution in [0.25, 0.3) is 0 Å². The highest BCUT2D eigenvalue weighted by atomic mass is 15.1. The van der Waals surface area contributed by atoms with E-state index in [1.165, 1.54) is 160 Å². The van der Waals surface area contributed by atoms with E-state index in [2.05, 4.69) is 42.3 Å². The molecule has 0 amide bonds. The Bertz CT molecular complexity index is 505. The highest BCUT2D eigenvalue weighted by Gasteiger charge is 2.11. The Morgan fingerprint density at radius 3 is 1.34 bits per heavy atom. The summed E-state index contributed by atoms with van der Waals surface area (Å²) in [4.78, 5) is 0. The summed E-state index contributed by atoms with van der Waals surface area (Å²) in [6.45, 7) is 9.30. The van der Waals surface area contributed by atoms with Gasteiger partial charge in [-0.3, -0.25) is 0 Å². The molecular formula is C30H59N2+. The lowest BCUT2D eigenvalue weighted by Gasteiger charge is -2.04. The quantitative estimate of drug-likeness (QED) is 0.110. The van der Waals surface area contributed by atoms with Gasteiger partial charge in [-0.15, -0.1) is 0 Å². The van der Waals surface area contributed by atoms with Gasteiger partial charge in [0, 0.05) is 6.92 Å². The van der Waals surface area contributed by atoms with Crippen LogP contribution in [-0.2, 0) is 13.1 Å². The minimum absolute atomic E-state index is 1.20. The second-order valence-electron chi connectivity index (χ2n) is 10.3. The summed E-state index contributed by atoms with van der Waals surface area (Å²) in [5.41, 5.74) is 0. The Morgan fingerprint density at radius 2 is 0.906 bits per heavy atom. The van der Waals surface area contributed by atoms with Gasteiger partial charge < -0.3 is 0 Å². The summed E-state index contributed by atoms with van der Waals surface area (Å²) in [6, 6.07) is 0. The Kier molecular flexibility index (Phi) is 20.1. The van der Waals surface area contributed by atoms with Crippen molar-refractivity contribution in [2.75, 3.05) is 0 Å². The van der Waals surface area contributed by atoms with Crippen LogP contribution in [-0.4, -0.2) is 4.57 Å². The van der Waals surface area contributed by atoms with Crippen LogP contribution in [0.4, 0.5) is 0 Å². The molecule has 32 heavy (non-hydrogen) atoms. The van der Waals surface area contributed by atoms with E-state index in [9.17, 15) is 0 Å². The fourth-order valence-electron chi connectivity index (χ4n) is 4.91. The van der Waals surface area contributed by atoms with Crippen molar-refractivity contribution in [1.29, 1.82) is 0 Å². The first-order valence-electron chi connectivity index (χ1n) is 14.8. The summed E-state index contributed by atoms with van der Waals surface area (Å²) >= 11 is 0. The highest BCUT2D eigenvalue weighted by Crippen LogP contribution is 2.14. The van der Waals surface area contributed by atoms with Crippen LogP contribution >= 0.6 is 0 Å². The molecule has 0 aliphatic carbocycles. The molecule has 188 valence electrons. The van der Waals surface area contributed by atoms with Crippen molar-refractivity contribution in [3.8, 4) is 0 Å². The van der Waals surface area contributed by atoms with Gasteiger partial charge in [0.15, 0.2) is 0 Å². The first-order valence-corrected chi connectivity index (χ1v) is 14.8. The number of imidazole rings is 1. The van der Waals surface area contributed by atoms with Gasteiger partial charge >= 0.3 is 0 Å². The maximum Gasteiger partial charge on any atom is 0.253 e. The summed E-state index contributed by atoms with van der Waals surface area (Å²) in [5, 5.41) is 0. The van der Waals surface area contributed by atoms with E-state index in [1.807, 2.05) is 0 Å². The van der Waals surface area contributed by atoms with Crippen LogP contribution in [0.3, 0.4) is 0 Å². The molecule has 0 fully saturated rings. The van der Waals surface area contributed by atoms with Crippen LogP contribution in [0.2, 0.25) is 0 Å². The molecule has 0 atom stereocenters. The summed E-state index contributed by atoms with van der Waals surface area (Å²) in [6.07, 6.45) is 36.0. The van der Waals surface area contributed by atoms with Crippen LogP contribution in [0, 0.1) is 6.92 Å². The van der Waals surface area contributed by atoms with Crippen molar-refractivity contribution >= 4 is 0 Å². The summed E-state index contributed by atoms with van der Waals surface area (Å²) in [5.74, 6) is 1.45. The van der Waals surface area contributed by atoms with Gasteiger partial charge in [-0.05, 0) is 25.7 Å². The van der Waals surface area contributed by atoms with Crippen molar-refractivity contribution in [1.82, 2.24) is 4.57 Å². The van der Waals surface area contributed by atoms with Crippen molar-refractivity contribution in [2.24, 2.45) is 0 Å². The predicted molar refractivity (Wildman–Crippen MR) is 142 cm³/mol. The maximum absolute atomic E-state index is 2.48. The lowest BCUT2D eigenvalue weighted by Crippen LogP contribution is -2.35. The van der Waals surface area contributed by atoms with Crippen molar-refractivity contribution in [3.63, 3.8) is 0 Å². The van der Waals surface area contributed by atoms with Crippen LogP contribution < -0.4 is 4.57 Å². The molecule has 0 spiro atoms. The highest BCUT2D eigenvalue weighted by molar-refractivity contribution is 4.79. The first kappa shape index (κ1) is 29.2. The topological polar surface area (TPSA) is 8.81 Å². The molecule has 0 aliphatic heterocycles. The van der Waals surface area contributed by atoms with E-state index in [0.29, 0.717) is 0 Å². The molecule has 0 saturated carbocycles. The van der Waals surface area contributed by atoms with E-state index in [0.717, 1.165) is 0 Å². The molecule has 0 aromatic carbocycles. The lowest BCUT2D eigenvalue weighted by molar-refractivity contribution is -0.702. The van der Waals surface area contributed by atoms with Crippen molar-refractivity contribution in [3.05, 3.63) is 18.2 Å². The van der Waals surface area contributed by atoms with E-state index in [1.54, 1.807) is 0 Å². The fourth-order valence-corrected chi connectivity index (χ4v) is 4.91. The number of aromatic nitrogens is 2. The third-order valence-electron chi connectivity index (χ3n) is 7.26. The minimum atomic E-state index is 1.20. The average molecular weight is 448 g/mol. The normalized spacial score (nSPS) is 11.5. The third kappa shape index (κ3) is 15.9. The molecule has 0 aliphatic rings. The number of nitrogens with zero attached hydrogens (tertiary/aromatic N) is 2. The Hall–Kier alpha value is -0.790. The summed E-state index contributed by atoms with van der Waals surface area (Å²) < 4.78 is 4.95. The van der Waals surface area contributed by atoms with E-state index in [-0.39, 0.29) is 0 Å². The molecule has 2 nitrogen and oxygen atoms in total. The smallest absolute Gasteiger partial charge is 0.234 e. The van der Waals surface area contributed by atoms with Gasteiger partial charge in [0.1, 0.15) is 12.4 Å². The number of rotatable bonds is 24. The van der Waals surface area contributed by atoms with Crippen molar-refractivity contribution in [2.45, 2.75) is 175 Å². The molecule has 1 aromatic heterocycles. The van der Waals surface area contributed by atoms with E-state index < -0.39 is 0 Å². The third-order valence-corrected chi connectivity index (χ3v) is 7.26. The minimum Gasteiger partial charge on any atom is -0.234 e. The second-order valence-corrected chi connectivity index (χ2v) is 10.3. The van der Waals surface area contributed by atoms with Gasteiger partial charge in [-0.2, -0.15) is 0 Å². The molecule has 2 heteroatoms. The molecule has 1 heterocycles. The molecule has 1 aromatic rings. The standard InChI is InChI=1S/C30H59N2/c1-4-6-8-10-12-13-14-15-16-17-18-19-21-23-25-27-32-29-28-31(30(32)3)26-24-22-20-11-9-7-5-2/h28-29H,4-27H2,1-3H3/q+1. The fraction of sp³-hybridized carbons (Fsp3) is 0.900. The Morgan fingerprint density at radius 1 is 0.531 bits per heavy atom. The lowest BCUT2D eigenvalue weighted by atomic mass is 10.0. The molecule has 1 rings (SSSR count). The number of unbranched alkanes of at least 4 members (excludes halogenated alkanes) is 20. The largest absolute Gasteiger partial charge is 0.253 e.